The third kappa shape index (κ3) is 3.43. The Bertz CT molecular complexity index is 485. The molecule has 0 aliphatic carbocycles. The van der Waals surface area contributed by atoms with Crippen LogP contribution < -0.4 is 9.47 Å². The molecule has 0 aliphatic heterocycles. The molecule has 0 radical (unpaired) electrons. The molecular formula is C9H10Cl2O4S. The highest BCUT2D eigenvalue weighted by molar-refractivity contribution is 8.13. The van der Waals surface area contributed by atoms with Crippen molar-refractivity contribution in [2.24, 2.45) is 0 Å². The minimum absolute atomic E-state index is 0.266. The molecule has 0 aromatic heterocycles. The molecule has 0 heterocycles. The van der Waals surface area contributed by atoms with Gasteiger partial charge in [-0.25, -0.2) is 8.42 Å². The van der Waals surface area contributed by atoms with E-state index in [4.69, 9.17) is 31.8 Å². The highest BCUT2D eigenvalue weighted by Crippen LogP contribution is 2.34. The Morgan fingerprint density at radius 3 is 2.12 bits per heavy atom. The van der Waals surface area contributed by atoms with E-state index in [0.29, 0.717) is 17.1 Å². The number of rotatable bonds is 4. The Morgan fingerprint density at radius 1 is 1.19 bits per heavy atom. The van der Waals surface area contributed by atoms with Crippen LogP contribution in [0.1, 0.15) is 5.56 Å². The Balaban J connectivity index is 3.21. The largest absolute Gasteiger partial charge is 0.493 e. The number of benzene rings is 1. The standard InChI is InChI=1S/C9H10Cl2O4S/c1-14-8-3-6(5-16(11,12)13)7(10)4-9(8)15-2/h3-4H,5H2,1-2H3. The average molecular weight is 285 g/mol. The number of hydrogen-bond donors (Lipinski definition) is 0. The molecule has 0 fully saturated rings. The molecule has 0 saturated carbocycles. The van der Waals surface area contributed by atoms with Gasteiger partial charge in [0.15, 0.2) is 11.5 Å². The van der Waals surface area contributed by atoms with E-state index < -0.39 is 9.05 Å². The van der Waals surface area contributed by atoms with E-state index >= 15 is 0 Å². The van der Waals surface area contributed by atoms with Crippen molar-refractivity contribution in [2.75, 3.05) is 14.2 Å². The minimum atomic E-state index is -3.65. The molecule has 1 aromatic carbocycles. The highest BCUT2D eigenvalue weighted by Gasteiger charge is 2.14. The van der Waals surface area contributed by atoms with Gasteiger partial charge in [0.05, 0.1) is 20.0 Å². The van der Waals surface area contributed by atoms with Crippen molar-refractivity contribution in [3.63, 3.8) is 0 Å². The molecule has 0 saturated heterocycles. The first-order valence-electron chi connectivity index (χ1n) is 4.20. The highest BCUT2D eigenvalue weighted by atomic mass is 35.7. The van der Waals surface area contributed by atoms with Gasteiger partial charge in [-0.1, -0.05) is 11.6 Å². The van der Waals surface area contributed by atoms with Crippen LogP contribution >= 0.6 is 22.3 Å². The summed E-state index contributed by atoms with van der Waals surface area (Å²) in [5.41, 5.74) is 0.370. The number of ether oxygens (including phenoxy) is 2. The number of methoxy groups -OCH3 is 2. The van der Waals surface area contributed by atoms with Crippen molar-refractivity contribution in [1.29, 1.82) is 0 Å². The van der Waals surface area contributed by atoms with E-state index in [1.165, 1.54) is 26.4 Å². The molecule has 7 heteroatoms. The number of hydrogen-bond acceptors (Lipinski definition) is 4. The van der Waals surface area contributed by atoms with Gasteiger partial charge < -0.3 is 9.47 Å². The SMILES string of the molecule is COc1cc(Cl)c(CS(=O)(=O)Cl)cc1OC. The molecule has 1 aromatic rings. The van der Waals surface area contributed by atoms with Crippen LogP contribution in [0.3, 0.4) is 0 Å². The lowest BCUT2D eigenvalue weighted by Gasteiger charge is -2.10. The van der Waals surface area contributed by atoms with Crippen LogP contribution in [0.15, 0.2) is 12.1 Å². The lowest BCUT2D eigenvalue weighted by Crippen LogP contribution is -1.98. The molecule has 0 N–H and O–H groups in total. The zero-order valence-electron chi connectivity index (χ0n) is 8.66. The smallest absolute Gasteiger partial charge is 0.236 e. The average Bonchev–Trinajstić information content (AvgIpc) is 2.18. The van der Waals surface area contributed by atoms with Gasteiger partial charge >= 0.3 is 0 Å². The summed E-state index contributed by atoms with van der Waals surface area (Å²) in [6.45, 7) is 0. The molecule has 0 unspecified atom stereocenters. The summed E-state index contributed by atoms with van der Waals surface area (Å²) >= 11 is 5.88. The van der Waals surface area contributed by atoms with Crippen molar-refractivity contribution in [1.82, 2.24) is 0 Å². The normalized spacial score (nSPS) is 11.2. The van der Waals surface area contributed by atoms with Crippen LogP contribution in [0.5, 0.6) is 11.5 Å². The summed E-state index contributed by atoms with van der Waals surface area (Å²) in [5, 5.41) is 0.266. The van der Waals surface area contributed by atoms with Crippen LogP contribution in [-0.4, -0.2) is 22.6 Å². The predicted octanol–water partition coefficient (Wildman–Crippen LogP) is 2.43. The fourth-order valence-electron chi connectivity index (χ4n) is 1.19. The van der Waals surface area contributed by atoms with Gasteiger partial charge in [0, 0.05) is 21.8 Å². The lowest BCUT2D eigenvalue weighted by atomic mass is 10.2. The molecule has 4 nitrogen and oxygen atoms in total. The molecule has 0 spiro atoms. The van der Waals surface area contributed by atoms with Gasteiger partial charge in [0.25, 0.3) is 0 Å². The zero-order chi connectivity index (χ0) is 12.3. The Labute approximate surface area is 103 Å². The summed E-state index contributed by atoms with van der Waals surface area (Å²) in [4.78, 5) is 0. The predicted molar refractivity (Wildman–Crippen MR) is 63.0 cm³/mol. The van der Waals surface area contributed by atoms with Crippen molar-refractivity contribution >= 4 is 31.3 Å². The van der Waals surface area contributed by atoms with E-state index in [1.54, 1.807) is 0 Å². The molecular weight excluding hydrogens is 275 g/mol. The first-order valence-corrected chi connectivity index (χ1v) is 7.05. The minimum Gasteiger partial charge on any atom is -0.493 e. The van der Waals surface area contributed by atoms with E-state index in [1.807, 2.05) is 0 Å². The fraction of sp³-hybridized carbons (Fsp3) is 0.333. The van der Waals surface area contributed by atoms with E-state index in [2.05, 4.69) is 0 Å². The fourth-order valence-corrected chi connectivity index (χ4v) is 2.46. The van der Waals surface area contributed by atoms with Crippen LogP contribution in [0.2, 0.25) is 5.02 Å². The molecule has 16 heavy (non-hydrogen) atoms. The molecule has 0 bridgehead atoms. The summed E-state index contributed by atoms with van der Waals surface area (Å²) in [6, 6.07) is 2.97. The Kier molecular flexibility index (Phi) is 4.29. The van der Waals surface area contributed by atoms with E-state index in [9.17, 15) is 8.42 Å². The molecule has 90 valence electrons. The third-order valence-electron chi connectivity index (χ3n) is 1.88. The van der Waals surface area contributed by atoms with Gasteiger partial charge in [-0.2, -0.15) is 0 Å². The van der Waals surface area contributed by atoms with Crippen LogP contribution in [0.25, 0.3) is 0 Å². The quantitative estimate of drug-likeness (QED) is 0.797. The molecule has 0 amide bonds. The Morgan fingerprint density at radius 2 is 1.69 bits per heavy atom. The summed E-state index contributed by atoms with van der Waals surface area (Å²) < 4.78 is 31.9. The maximum Gasteiger partial charge on any atom is 0.236 e. The van der Waals surface area contributed by atoms with Gasteiger partial charge in [0.2, 0.25) is 9.05 Å². The van der Waals surface area contributed by atoms with Gasteiger partial charge in [-0.3, -0.25) is 0 Å². The Hall–Kier alpha value is -0.650. The summed E-state index contributed by atoms with van der Waals surface area (Å²) in [6.07, 6.45) is 0. The lowest BCUT2D eigenvalue weighted by molar-refractivity contribution is 0.354. The van der Waals surface area contributed by atoms with Gasteiger partial charge in [0.1, 0.15) is 0 Å². The molecule has 0 aliphatic rings. The third-order valence-corrected chi connectivity index (χ3v) is 3.22. The maximum absolute atomic E-state index is 10.9. The second-order valence-electron chi connectivity index (χ2n) is 2.98. The van der Waals surface area contributed by atoms with Crippen molar-refractivity contribution in [3.05, 3.63) is 22.7 Å². The second-order valence-corrected chi connectivity index (χ2v) is 6.17. The first-order chi connectivity index (χ1) is 7.37. The second kappa shape index (κ2) is 5.12. The topological polar surface area (TPSA) is 52.6 Å². The van der Waals surface area contributed by atoms with Crippen molar-refractivity contribution in [2.45, 2.75) is 5.75 Å². The monoisotopic (exact) mass is 284 g/mol. The summed E-state index contributed by atoms with van der Waals surface area (Å²) in [7, 11) is 4.41. The van der Waals surface area contributed by atoms with Crippen LogP contribution in [0, 0.1) is 0 Å². The van der Waals surface area contributed by atoms with E-state index in [0.717, 1.165) is 0 Å². The van der Waals surface area contributed by atoms with Crippen LogP contribution in [-0.2, 0) is 14.8 Å². The maximum atomic E-state index is 10.9. The number of halogens is 2. The van der Waals surface area contributed by atoms with E-state index in [-0.39, 0.29) is 10.8 Å². The van der Waals surface area contributed by atoms with Crippen molar-refractivity contribution in [3.8, 4) is 11.5 Å². The molecule has 1 rings (SSSR count). The summed E-state index contributed by atoms with van der Waals surface area (Å²) in [5.74, 6) is 0.485. The first kappa shape index (κ1) is 13.4. The van der Waals surface area contributed by atoms with Crippen LogP contribution in [0.4, 0.5) is 0 Å². The molecule has 0 atom stereocenters. The van der Waals surface area contributed by atoms with Crippen molar-refractivity contribution < 1.29 is 17.9 Å². The zero-order valence-corrected chi connectivity index (χ0v) is 11.0. The van der Waals surface area contributed by atoms with Gasteiger partial charge in [-0.05, 0) is 11.6 Å². The van der Waals surface area contributed by atoms with Gasteiger partial charge in [-0.15, -0.1) is 0 Å².